The highest BCUT2D eigenvalue weighted by Gasteiger charge is 2.11. The largest absolute Gasteiger partial charge is 0.253 e. The van der Waals surface area contributed by atoms with Crippen LogP contribution in [0.5, 0.6) is 0 Å². The number of hydrogen-bond acceptors (Lipinski definition) is 1. The summed E-state index contributed by atoms with van der Waals surface area (Å²) in [5.41, 5.74) is 6.41. The summed E-state index contributed by atoms with van der Waals surface area (Å²) in [4.78, 5) is 4.81. The number of pyridine rings is 1. The lowest BCUT2D eigenvalue weighted by molar-refractivity contribution is 0.668. The molecule has 0 fully saturated rings. The van der Waals surface area contributed by atoms with Gasteiger partial charge in [-0.25, -0.2) is 0 Å². The molecule has 0 bridgehead atoms. The molecule has 0 atom stereocenters. The van der Waals surface area contributed by atoms with Gasteiger partial charge >= 0.3 is 0 Å². The topological polar surface area (TPSA) is 12.9 Å². The van der Waals surface area contributed by atoms with E-state index in [2.05, 4.69) is 43.3 Å². The minimum absolute atomic E-state index is 1.12. The first-order valence-corrected chi connectivity index (χ1v) is 6.39. The normalized spacial score (nSPS) is 14.4. The van der Waals surface area contributed by atoms with Crippen LogP contribution in [-0.4, -0.2) is 4.98 Å². The Balaban J connectivity index is 2.01. The Hall–Kier alpha value is -1.63. The van der Waals surface area contributed by atoms with Gasteiger partial charge in [0.1, 0.15) is 0 Å². The predicted molar refractivity (Wildman–Crippen MR) is 71.1 cm³/mol. The average Bonchev–Trinajstić information content (AvgIpc) is 2.39. The van der Waals surface area contributed by atoms with E-state index in [1.807, 2.05) is 0 Å². The van der Waals surface area contributed by atoms with Gasteiger partial charge in [0.2, 0.25) is 0 Å². The van der Waals surface area contributed by atoms with Gasteiger partial charge in [0.05, 0.1) is 5.69 Å². The second kappa shape index (κ2) is 4.33. The molecule has 0 N–H and O–H groups in total. The molecule has 0 amide bonds. The summed E-state index contributed by atoms with van der Waals surface area (Å²) in [7, 11) is 0. The van der Waals surface area contributed by atoms with Gasteiger partial charge in [0, 0.05) is 11.3 Å². The van der Waals surface area contributed by atoms with E-state index in [0.29, 0.717) is 0 Å². The van der Waals surface area contributed by atoms with Crippen molar-refractivity contribution >= 4 is 0 Å². The summed E-state index contributed by atoms with van der Waals surface area (Å²) in [6.07, 6.45) is 4.96. The van der Waals surface area contributed by atoms with Gasteiger partial charge in [0.15, 0.2) is 0 Å². The van der Waals surface area contributed by atoms with Crippen molar-refractivity contribution in [3.8, 4) is 11.3 Å². The fourth-order valence-corrected chi connectivity index (χ4v) is 2.47. The number of fused-ring (bicyclic) bond motifs is 1. The van der Waals surface area contributed by atoms with Crippen molar-refractivity contribution in [3.05, 3.63) is 53.2 Å². The summed E-state index contributed by atoms with van der Waals surface area (Å²) >= 11 is 0. The van der Waals surface area contributed by atoms with Crippen LogP contribution in [0.15, 0.2) is 36.4 Å². The number of nitrogens with zero attached hydrogens (tertiary/aromatic N) is 1. The van der Waals surface area contributed by atoms with E-state index in [4.69, 9.17) is 4.98 Å². The lowest BCUT2D eigenvalue weighted by Gasteiger charge is -2.15. The molecule has 2 aromatic rings. The molecule has 0 aliphatic heterocycles. The second-order valence-corrected chi connectivity index (χ2v) is 4.88. The molecule has 0 spiro atoms. The third-order valence-electron chi connectivity index (χ3n) is 3.53. The van der Waals surface area contributed by atoms with Crippen molar-refractivity contribution in [2.75, 3.05) is 0 Å². The van der Waals surface area contributed by atoms with Crippen molar-refractivity contribution in [1.29, 1.82) is 0 Å². The molecule has 0 saturated heterocycles. The molecule has 1 nitrogen and oxygen atoms in total. The van der Waals surface area contributed by atoms with E-state index in [1.165, 1.54) is 41.6 Å². The Labute approximate surface area is 103 Å². The summed E-state index contributed by atoms with van der Waals surface area (Å²) < 4.78 is 0. The standard InChI is InChI=1S/C16H17N/c1-12-6-8-14(9-7-12)16-11-10-13-4-2-3-5-15(13)17-16/h6-11H,2-5H2,1H3. The molecule has 1 aliphatic rings. The van der Waals surface area contributed by atoms with E-state index in [-0.39, 0.29) is 0 Å². The van der Waals surface area contributed by atoms with E-state index in [1.54, 1.807) is 0 Å². The zero-order valence-corrected chi connectivity index (χ0v) is 10.2. The molecule has 1 heterocycles. The molecule has 0 saturated carbocycles. The van der Waals surface area contributed by atoms with Crippen LogP contribution in [0.1, 0.15) is 29.7 Å². The maximum atomic E-state index is 4.81. The maximum Gasteiger partial charge on any atom is 0.0705 e. The summed E-state index contributed by atoms with van der Waals surface area (Å²) in [6.45, 7) is 2.12. The molecule has 3 rings (SSSR count). The fraction of sp³-hybridized carbons (Fsp3) is 0.312. The highest BCUT2D eigenvalue weighted by atomic mass is 14.7. The van der Waals surface area contributed by atoms with Crippen LogP contribution in [-0.2, 0) is 12.8 Å². The van der Waals surface area contributed by atoms with Crippen LogP contribution >= 0.6 is 0 Å². The van der Waals surface area contributed by atoms with Crippen molar-refractivity contribution in [2.45, 2.75) is 32.6 Å². The van der Waals surface area contributed by atoms with Crippen LogP contribution in [0.25, 0.3) is 11.3 Å². The van der Waals surface area contributed by atoms with E-state index >= 15 is 0 Å². The SMILES string of the molecule is Cc1ccc(-c2ccc3c(n2)CCCC3)cc1. The summed E-state index contributed by atoms with van der Waals surface area (Å²) in [5.74, 6) is 0. The zero-order valence-electron chi connectivity index (χ0n) is 10.2. The van der Waals surface area contributed by atoms with E-state index in [0.717, 1.165) is 12.1 Å². The third kappa shape index (κ3) is 2.10. The number of hydrogen-bond donors (Lipinski definition) is 0. The van der Waals surface area contributed by atoms with Gasteiger partial charge in [-0.1, -0.05) is 35.9 Å². The number of rotatable bonds is 1. The molecule has 17 heavy (non-hydrogen) atoms. The van der Waals surface area contributed by atoms with Crippen LogP contribution in [0.2, 0.25) is 0 Å². The maximum absolute atomic E-state index is 4.81. The van der Waals surface area contributed by atoms with Crippen LogP contribution < -0.4 is 0 Å². The van der Waals surface area contributed by atoms with Crippen molar-refractivity contribution in [1.82, 2.24) is 4.98 Å². The van der Waals surface area contributed by atoms with E-state index < -0.39 is 0 Å². The van der Waals surface area contributed by atoms with Crippen LogP contribution in [0.4, 0.5) is 0 Å². The molecule has 0 radical (unpaired) electrons. The van der Waals surface area contributed by atoms with Crippen LogP contribution in [0, 0.1) is 6.92 Å². The lowest BCUT2D eigenvalue weighted by atomic mass is 9.95. The molecule has 0 unspecified atom stereocenters. The van der Waals surface area contributed by atoms with Gasteiger partial charge in [0.25, 0.3) is 0 Å². The number of benzene rings is 1. The van der Waals surface area contributed by atoms with E-state index in [9.17, 15) is 0 Å². The zero-order chi connectivity index (χ0) is 11.7. The molecule has 1 aliphatic carbocycles. The minimum atomic E-state index is 1.12. The minimum Gasteiger partial charge on any atom is -0.253 e. The monoisotopic (exact) mass is 223 g/mol. The van der Waals surface area contributed by atoms with Gasteiger partial charge < -0.3 is 0 Å². The lowest BCUT2D eigenvalue weighted by Crippen LogP contribution is -2.05. The van der Waals surface area contributed by atoms with Gasteiger partial charge in [-0.05, 0) is 44.2 Å². The summed E-state index contributed by atoms with van der Waals surface area (Å²) in [5, 5.41) is 0. The highest BCUT2D eigenvalue weighted by molar-refractivity contribution is 5.60. The van der Waals surface area contributed by atoms with Crippen molar-refractivity contribution in [3.63, 3.8) is 0 Å². The molecular weight excluding hydrogens is 206 g/mol. The molecule has 86 valence electrons. The Morgan fingerprint density at radius 1 is 0.882 bits per heavy atom. The Kier molecular flexibility index (Phi) is 2.68. The smallest absolute Gasteiger partial charge is 0.0705 e. The Morgan fingerprint density at radius 3 is 2.47 bits per heavy atom. The Bertz CT molecular complexity index is 526. The molecule has 1 aromatic heterocycles. The average molecular weight is 223 g/mol. The fourth-order valence-electron chi connectivity index (χ4n) is 2.47. The second-order valence-electron chi connectivity index (χ2n) is 4.88. The van der Waals surface area contributed by atoms with Gasteiger partial charge in [-0.15, -0.1) is 0 Å². The number of aromatic nitrogens is 1. The first-order valence-electron chi connectivity index (χ1n) is 6.39. The molecular formula is C16H17N. The molecule has 1 heteroatoms. The van der Waals surface area contributed by atoms with Gasteiger partial charge in [-0.3, -0.25) is 4.98 Å². The predicted octanol–water partition coefficient (Wildman–Crippen LogP) is 3.94. The Morgan fingerprint density at radius 2 is 1.65 bits per heavy atom. The molecule has 1 aromatic carbocycles. The summed E-state index contributed by atoms with van der Waals surface area (Å²) in [6, 6.07) is 13.0. The first kappa shape index (κ1) is 10.5. The van der Waals surface area contributed by atoms with Crippen LogP contribution in [0.3, 0.4) is 0 Å². The quantitative estimate of drug-likeness (QED) is 0.713. The first-order chi connectivity index (χ1) is 8.33. The number of aryl methyl sites for hydroxylation is 3. The third-order valence-corrected chi connectivity index (χ3v) is 3.53. The van der Waals surface area contributed by atoms with Gasteiger partial charge in [-0.2, -0.15) is 0 Å². The van der Waals surface area contributed by atoms with Crippen molar-refractivity contribution in [2.24, 2.45) is 0 Å². The highest BCUT2D eigenvalue weighted by Crippen LogP contribution is 2.24. The van der Waals surface area contributed by atoms with Crippen molar-refractivity contribution < 1.29 is 0 Å².